The lowest BCUT2D eigenvalue weighted by molar-refractivity contribution is -0.186. The maximum Gasteiger partial charge on any atom is 0.471 e. The Morgan fingerprint density at radius 2 is 1.76 bits per heavy atom. The van der Waals surface area contributed by atoms with Crippen molar-refractivity contribution in [3.63, 3.8) is 0 Å². The van der Waals surface area contributed by atoms with Crippen molar-refractivity contribution in [1.29, 1.82) is 0 Å². The second-order valence-corrected chi connectivity index (χ2v) is 5.59. The number of benzene rings is 1. The molecule has 0 radical (unpaired) electrons. The Kier molecular flexibility index (Phi) is 3.55. The molecule has 6 heteroatoms. The average Bonchev–Trinajstić information content (AvgIpc) is 2.90. The minimum Gasteiger partial charge on any atom is -0.368 e. The van der Waals surface area contributed by atoms with Crippen LogP contribution in [0.2, 0.25) is 0 Å². The Bertz CT molecular complexity index is 536. The molecule has 1 fully saturated rings. The van der Waals surface area contributed by atoms with Crippen LogP contribution in [0.5, 0.6) is 0 Å². The highest BCUT2D eigenvalue weighted by atomic mass is 19.4. The van der Waals surface area contributed by atoms with E-state index in [2.05, 4.69) is 17.0 Å². The number of hydrogen-bond donors (Lipinski definition) is 0. The van der Waals surface area contributed by atoms with Crippen LogP contribution in [0, 0.1) is 0 Å². The van der Waals surface area contributed by atoms with Gasteiger partial charge in [0.1, 0.15) is 0 Å². The van der Waals surface area contributed by atoms with E-state index in [1.165, 1.54) is 11.3 Å². The maximum absolute atomic E-state index is 12.4. The molecule has 2 aliphatic rings. The molecule has 1 amide bonds. The van der Waals surface area contributed by atoms with Gasteiger partial charge in [0.15, 0.2) is 0 Å². The first-order valence-corrected chi connectivity index (χ1v) is 7.17. The van der Waals surface area contributed by atoms with E-state index >= 15 is 0 Å². The summed E-state index contributed by atoms with van der Waals surface area (Å²) in [4.78, 5) is 14.4. The van der Waals surface area contributed by atoms with Gasteiger partial charge in [-0.3, -0.25) is 4.79 Å². The summed E-state index contributed by atoms with van der Waals surface area (Å²) in [7, 11) is 0. The van der Waals surface area contributed by atoms with Gasteiger partial charge in [-0.05, 0) is 30.9 Å². The number of alkyl halides is 3. The standard InChI is InChI=1S/C15H17F3N2O/c16-15(17,18)14(21)19-8-6-12(7-9-19)20-10-5-11-3-1-2-4-13(11)20/h1-4,12H,5-10H2. The fourth-order valence-corrected chi connectivity index (χ4v) is 3.30. The summed E-state index contributed by atoms with van der Waals surface area (Å²) < 4.78 is 37.3. The molecule has 1 aromatic carbocycles. The zero-order chi connectivity index (χ0) is 15.0. The lowest BCUT2D eigenvalue weighted by Crippen LogP contribution is -2.50. The highest BCUT2D eigenvalue weighted by Gasteiger charge is 2.43. The van der Waals surface area contributed by atoms with Crippen LogP contribution in [-0.2, 0) is 11.2 Å². The van der Waals surface area contributed by atoms with Crippen LogP contribution >= 0.6 is 0 Å². The van der Waals surface area contributed by atoms with Crippen molar-refractivity contribution in [2.75, 3.05) is 24.5 Å². The molecule has 0 aromatic heterocycles. The first-order chi connectivity index (χ1) is 9.97. The predicted molar refractivity (Wildman–Crippen MR) is 73.1 cm³/mol. The Hall–Kier alpha value is -1.72. The van der Waals surface area contributed by atoms with E-state index in [9.17, 15) is 18.0 Å². The number of amides is 1. The molecule has 114 valence electrons. The molecule has 1 saturated heterocycles. The SMILES string of the molecule is O=C(N1CCC(N2CCc3ccccc32)CC1)C(F)(F)F. The number of carbonyl (C=O) groups is 1. The number of anilines is 1. The van der Waals surface area contributed by atoms with Crippen LogP contribution in [0.4, 0.5) is 18.9 Å². The molecule has 1 aromatic rings. The van der Waals surface area contributed by atoms with Crippen LogP contribution in [0.15, 0.2) is 24.3 Å². The summed E-state index contributed by atoms with van der Waals surface area (Å²) >= 11 is 0. The van der Waals surface area contributed by atoms with Crippen molar-refractivity contribution < 1.29 is 18.0 Å². The smallest absolute Gasteiger partial charge is 0.368 e. The summed E-state index contributed by atoms with van der Waals surface area (Å²) in [6, 6.07) is 8.38. The Labute approximate surface area is 121 Å². The van der Waals surface area contributed by atoms with Crippen molar-refractivity contribution in [1.82, 2.24) is 4.90 Å². The van der Waals surface area contributed by atoms with Gasteiger partial charge in [0.2, 0.25) is 0 Å². The summed E-state index contributed by atoms with van der Waals surface area (Å²) in [5.74, 6) is -1.71. The van der Waals surface area contributed by atoms with E-state index in [-0.39, 0.29) is 19.1 Å². The third kappa shape index (κ3) is 2.71. The largest absolute Gasteiger partial charge is 0.471 e. The van der Waals surface area contributed by atoms with Crippen molar-refractivity contribution in [3.8, 4) is 0 Å². The molecule has 0 spiro atoms. The lowest BCUT2D eigenvalue weighted by atomic mass is 10.0. The van der Waals surface area contributed by atoms with Crippen LogP contribution in [0.1, 0.15) is 18.4 Å². The third-order valence-electron chi connectivity index (χ3n) is 4.36. The first kappa shape index (κ1) is 14.2. The molecule has 21 heavy (non-hydrogen) atoms. The Morgan fingerprint density at radius 1 is 1.10 bits per heavy atom. The van der Waals surface area contributed by atoms with Crippen molar-refractivity contribution in [2.24, 2.45) is 0 Å². The molecule has 0 aliphatic carbocycles. The summed E-state index contributed by atoms with van der Waals surface area (Å²) in [6.45, 7) is 1.28. The number of halogens is 3. The molecule has 2 heterocycles. The molecular formula is C15H17F3N2O. The van der Waals surface area contributed by atoms with Crippen LogP contribution in [-0.4, -0.2) is 42.7 Å². The van der Waals surface area contributed by atoms with Gasteiger partial charge in [-0.2, -0.15) is 13.2 Å². The van der Waals surface area contributed by atoms with E-state index in [0.717, 1.165) is 17.9 Å². The number of rotatable bonds is 1. The number of piperidine rings is 1. The van der Waals surface area contributed by atoms with Crippen molar-refractivity contribution in [3.05, 3.63) is 29.8 Å². The van der Waals surface area contributed by atoms with E-state index in [1.807, 2.05) is 12.1 Å². The highest BCUT2D eigenvalue weighted by Crippen LogP contribution is 2.32. The van der Waals surface area contributed by atoms with Gasteiger partial charge < -0.3 is 9.80 Å². The quantitative estimate of drug-likeness (QED) is 0.795. The van der Waals surface area contributed by atoms with Gasteiger partial charge in [-0.25, -0.2) is 0 Å². The number of likely N-dealkylation sites (tertiary alicyclic amines) is 1. The number of para-hydroxylation sites is 1. The van der Waals surface area contributed by atoms with Gasteiger partial charge in [-0.1, -0.05) is 18.2 Å². The van der Waals surface area contributed by atoms with E-state index < -0.39 is 12.1 Å². The first-order valence-electron chi connectivity index (χ1n) is 7.17. The Balaban J connectivity index is 1.64. The highest BCUT2D eigenvalue weighted by molar-refractivity contribution is 5.82. The summed E-state index contributed by atoms with van der Waals surface area (Å²) in [5, 5.41) is 0. The molecule has 0 unspecified atom stereocenters. The lowest BCUT2D eigenvalue weighted by Gasteiger charge is -2.38. The van der Waals surface area contributed by atoms with Gasteiger partial charge in [-0.15, -0.1) is 0 Å². The zero-order valence-electron chi connectivity index (χ0n) is 11.6. The Morgan fingerprint density at radius 3 is 2.43 bits per heavy atom. The van der Waals surface area contributed by atoms with Gasteiger partial charge in [0.05, 0.1) is 0 Å². The second kappa shape index (κ2) is 5.24. The fraction of sp³-hybridized carbons (Fsp3) is 0.533. The molecule has 3 nitrogen and oxygen atoms in total. The normalized spacial score (nSPS) is 19.8. The second-order valence-electron chi connectivity index (χ2n) is 5.59. The molecule has 0 atom stereocenters. The number of carbonyl (C=O) groups excluding carboxylic acids is 1. The molecule has 0 saturated carbocycles. The van der Waals surface area contributed by atoms with Gasteiger partial charge in [0.25, 0.3) is 0 Å². The molecule has 2 aliphatic heterocycles. The van der Waals surface area contributed by atoms with Crippen LogP contribution < -0.4 is 4.90 Å². The van der Waals surface area contributed by atoms with Gasteiger partial charge in [0, 0.05) is 31.4 Å². The van der Waals surface area contributed by atoms with Gasteiger partial charge >= 0.3 is 12.1 Å². The minimum atomic E-state index is -4.76. The van der Waals surface area contributed by atoms with Crippen LogP contribution in [0.3, 0.4) is 0 Å². The maximum atomic E-state index is 12.4. The molecule has 3 rings (SSSR count). The van der Waals surface area contributed by atoms with Crippen molar-refractivity contribution >= 4 is 11.6 Å². The molecule has 0 bridgehead atoms. The number of fused-ring (bicyclic) bond motifs is 1. The van der Waals surface area contributed by atoms with Crippen molar-refractivity contribution in [2.45, 2.75) is 31.5 Å². The summed E-state index contributed by atoms with van der Waals surface area (Å²) in [6.07, 6.45) is -2.59. The van der Waals surface area contributed by atoms with E-state index in [0.29, 0.717) is 12.8 Å². The molecule has 0 N–H and O–H groups in total. The summed E-state index contributed by atoms with van der Waals surface area (Å²) in [5.41, 5.74) is 2.49. The minimum absolute atomic E-state index is 0.182. The fourth-order valence-electron chi connectivity index (χ4n) is 3.30. The van der Waals surface area contributed by atoms with E-state index in [4.69, 9.17) is 0 Å². The molecular weight excluding hydrogens is 281 g/mol. The third-order valence-corrected chi connectivity index (χ3v) is 4.36. The van der Waals surface area contributed by atoms with E-state index in [1.54, 1.807) is 0 Å². The monoisotopic (exact) mass is 298 g/mol. The zero-order valence-corrected chi connectivity index (χ0v) is 11.6. The average molecular weight is 298 g/mol. The predicted octanol–water partition coefficient (Wildman–Crippen LogP) is 2.60. The van der Waals surface area contributed by atoms with Crippen LogP contribution in [0.25, 0.3) is 0 Å². The number of nitrogens with zero attached hydrogens (tertiary/aromatic N) is 2. The number of hydrogen-bond acceptors (Lipinski definition) is 2. The topological polar surface area (TPSA) is 23.6 Å².